The lowest BCUT2D eigenvalue weighted by Crippen LogP contribution is -2.34. The summed E-state index contributed by atoms with van der Waals surface area (Å²) in [5.74, 6) is 1.15. The second-order valence-electron chi connectivity index (χ2n) is 6.26. The van der Waals surface area contributed by atoms with E-state index in [1.54, 1.807) is 0 Å². The number of benzene rings is 1. The van der Waals surface area contributed by atoms with Crippen molar-refractivity contribution in [3.8, 4) is 0 Å². The number of imidazole rings is 1. The van der Waals surface area contributed by atoms with Crippen molar-refractivity contribution < 1.29 is 0 Å². The van der Waals surface area contributed by atoms with Crippen molar-refractivity contribution in [2.24, 2.45) is 0 Å². The summed E-state index contributed by atoms with van der Waals surface area (Å²) in [6.45, 7) is 10.7. The first-order chi connectivity index (χ1) is 10.1. The van der Waals surface area contributed by atoms with Gasteiger partial charge in [0.15, 0.2) is 0 Å². The average molecular weight is 283 g/mol. The van der Waals surface area contributed by atoms with Gasteiger partial charge < -0.3 is 9.88 Å². The highest BCUT2D eigenvalue weighted by Gasteiger charge is 2.24. The highest BCUT2D eigenvalue weighted by Crippen LogP contribution is 2.27. The monoisotopic (exact) mass is 283 g/mol. The molecular weight excluding hydrogens is 258 g/mol. The molecule has 1 aromatic heterocycles. The van der Waals surface area contributed by atoms with Crippen LogP contribution in [0.1, 0.15) is 46.4 Å². The van der Waals surface area contributed by atoms with Gasteiger partial charge in [0.2, 0.25) is 0 Å². The molecule has 1 N–H and O–H groups in total. The highest BCUT2D eigenvalue weighted by molar-refractivity contribution is 5.31. The number of fused-ring (bicyclic) bond motifs is 1. The summed E-state index contributed by atoms with van der Waals surface area (Å²) in [6, 6.07) is 7.21. The lowest BCUT2D eigenvalue weighted by molar-refractivity contribution is 0.400. The van der Waals surface area contributed by atoms with Gasteiger partial charge >= 0.3 is 0 Å². The van der Waals surface area contributed by atoms with E-state index in [1.807, 2.05) is 0 Å². The molecule has 0 saturated carbocycles. The van der Waals surface area contributed by atoms with Gasteiger partial charge in [-0.3, -0.25) is 0 Å². The maximum atomic E-state index is 4.65. The van der Waals surface area contributed by atoms with Gasteiger partial charge in [0.05, 0.1) is 11.4 Å². The molecule has 1 aromatic carbocycles. The van der Waals surface area contributed by atoms with Crippen LogP contribution in [0.5, 0.6) is 0 Å². The van der Waals surface area contributed by atoms with E-state index in [-0.39, 0.29) is 0 Å². The molecule has 3 nitrogen and oxygen atoms in total. The van der Waals surface area contributed by atoms with Crippen LogP contribution in [0.15, 0.2) is 18.2 Å². The summed E-state index contributed by atoms with van der Waals surface area (Å²) >= 11 is 0. The van der Waals surface area contributed by atoms with Gasteiger partial charge in [-0.2, -0.15) is 0 Å². The molecule has 0 aliphatic carbocycles. The van der Waals surface area contributed by atoms with Crippen LogP contribution in [0.2, 0.25) is 0 Å². The zero-order chi connectivity index (χ0) is 15.0. The van der Waals surface area contributed by atoms with Gasteiger partial charge in [-0.05, 0) is 51.7 Å². The van der Waals surface area contributed by atoms with Crippen molar-refractivity contribution in [2.45, 2.75) is 53.1 Å². The minimum Gasteiger partial charge on any atom is -0.329 e. The zero-order valence-corrected chi connectivity index (χ0v) is 13.5. The molecule has 2 aromatic rings. The fraction of sp³-hybridized carbons (Fsp3) is 0.500. The first kappa shape index (κ1) is 14.3. The minimum atomic E-state index is 0.431. The Morgan fingerprint density at radius 1 is 1.24 bits per heavy atom. The van der Waals surface area contributed by atoms with Crippen molar-refractivity contribution in [3.05, 3.63) is 52.1 Å². The normalized spacial score (nSPS) is 17.8. The van der Waals surface area contributed by atoms with E-state index in [9.17, 15) is 0 Å². The van der Waals surface area contributed by atoms with Gasteiger partial charge in [-0.15, -0.1) is 0 Å². The number of hydrogen-bond donors (Lipinski definition) is 1. The van der Waals surface area contributed by atoms with E-state index in [0.29, 0.717) is 6.04 Å². The second-order valence-corrected chi connectivity index (χ2v) is 6.26. The largest absolute Gasteiger partial charge is 0.329 e. The van der Waals surface area contributed by atoms with E-state index in [4.69, 9.17) is 0 Å². The topological polar surface area (TPSA) is 29.9 Å². The lowest BCUT2D eigenvalue weighted by Gasteiger charge is -2.27. The van der Waals surface area contributed by atoms with Crippen molar-refractivity contribution in [1.82, 2.24) is 14.9 Å². The first-order valence-electron chi connectivity index (χ1n) is 7.89. The summed E-state index contributed by atoms with van der Waals surface area (Å²) in [4.78, 5) is 4.65. The summed E-state index contributed by atoms with van der Waals surface area (Å²) in [6.07, 6.45) is 2.25. The Hall–Kier alpha value is -1.61. The molecule has 0 saturated heterocycles. The predicted octanol–water partition coefficient (Wildman–Crippen LogP) is 3.39. The minimum absolute atomic E-state index is 0.431. The number of nitrogens with zero attached hydrogens (tertiary/aromatic N) is 2. The third kappa shape index (κ3) is 2.75. The van der Waals surface area contributed by atoms with Gasteiger partial charge in [0.25, 0.3) is 0 Å². The SMILES string of the molecule is Cc1ccc(CC[C@@H]2NCCn3c(C)nc(C)c32)c(C)c1. The van der Waals surface area contributed by atoms with Crippen LogP contribution in [-0.2, 0) is 13.0 Å². The van der Waals surface area contributed by atoms with Gasteiger partial charge in [-0.1, -0.05) is 23.8 Å². The predicted molar refractivity (Wildman–Crippen MR) is 86.7 cm³/mol. The van der Waals surface area contributed by atoms with Crippen LogP contribution in [0, 0.1) is 27.7 Å². The number of aryl methyl sites for hydroxylation is 5. The fourth-order valence-corrected chi connectivity index (χ4v) is 3.56. The summed E-state index contributed by atoms with van der Waals surface area (Å²) in [5, 5.41) is 3.67. The molecule has 112 valence electrons. The standard InChI is InChI=1S/C18H25N3/c1-12-5-6-16(13(2)11-12)7-8-17-18-14(3)20-15(4)21(18)10-9-19-17/h5-6,11,17,19H,7-10H2,1-4H3/t17-/m0/s1. The molecule has 3 heteroatoms. The molecule has 0 fully saturated rings. The summed E-state index contributed by atoms with van der Waals surface area (Å²) in [7, 11) is 0. The molecule has 0 radical (unpaired) electrons. The van der Waals surface area contributed by atoms with E-state index >= 15 is 0 Å². The van der Waals surface area contributed by atoms with Crippen molar-refractivity contribution in [1.29, 1.82) is 0 Å². The van der Waals surface area contributed by atoms with Crippen LogP contribution >= 0.6 is 0 Å². The van der Waals surface area contributed by atoms with Gasteiger partial charge in [0, 0.05) is 19.1 Å². The Morgan fingerprint density at radius 3 is 2.81 bits per heavy atom. The number of rotatable bonds is 3. The maximum Gasteiger partial charge on any atom is 0.106 e. The Kier molecular flexibility index (Phi) is 3.85. The molecule has 0 spiro atoms. The molecule has 0 bridgehead atoms. The lowest BCUT2D eigenvalue weighted by atomic mass is 9.97. The van der Waals surface area contributed by atoms with Crippen LogP contribution in [-0.4, -0.2) is 16.1 Å². The molecule has 1 aliphatic rings. The molecule has 0 amide bonds. The third-order valence-corrected chi connectivity index (χ3v) is 4.64. The molecule has 21 heavy (non-hydrogen) atoms. The van der Waals surface area contributed by atoms with Crippen molar-refractivity contribution in [3.63, 3.8) is 0 Å². The summed E-state index contributed by atoms with van der Waals surface area (Å²) in [5.41, 5.74) is 6.80. The van der Waals surface area contributed by atoms with Crippen LogP contribution in [0.4, 0.5) is 0 Å². The smallest absolute Gasteiger partial charge is 0.106 e. The first-order valence-corrected chi connectivity index (χ1v) is 7.89. The Balaban J connectivity index is 1.78. The van der Waals surface area contributed by atoms with E-state index in [2.05, 4.69) is 60.8 Å². The number of aromatic nitrogens is 2. The average Bonchev–Trinajstić information content (AvgIpc) is 2.74. The van der Waals surface area contributed by atoms with E-state index in [1.165, 1.54) is 28.1 Å². The number of nitrogens with one attached hydrogen (secondary N) is 1. The van der Waals surface area contributed by atoms with Gasteiger partial charge in [0.1, 0.15) is 5.82 Å². The van der Waals surface area contributed by atoms with Crippen molar-refractivity contribution in [2.75, 3.05) is 6.54 Å². The zero-order valence-electron chi connectivity index (χ0n) is 13.5. The number of hydrogen-bond acceptors (Lipinski definition) is 2. The molecule has 3 rings (SSSR count). The van der Waals surface area contributed by atoms with Crippen LogP contribution < -0.4 is 5.32 Å². The van der Waals surface area contributed by atoms with Crippen molar-refractivity contribution >= 4 is 0 Å². The molecule has 2 heterocycles. The quantitative estimate of drug-likeness (QED) is 0.935. The molecular formula is C18H25N3. The van der Waals surface area contributed by atoms with Crippen LogP contribution in [0.25, 0.3) is 0 Å². The Morgan fingerprint density at radius 2 is 2.05 bits per heavy atom. The molecule has 1 atom stereocenters. The van der Waals surface area contributed by atoms with Crippen LogP contribution in [0.3, 0.4) is 0 Å². The highest BCUT2D eigenvalue weighted by atomic mass is 15.2. The Labute approximate surface area is 127 Å². The second kappa shape index (κ2) is 5.64. The fourth-order valence-electron chi connectivity index (χ4n) is 3.56. The van der Waals surface area contributed by atoms with Gasteiger partial charge in [-0.25, -0.2) is 4.98 Å². The van der Waals surface area contributed by atoms with E-state index < -0.39 is 0 Å². The van der Waals surface area contributed by atoms with E-state index in [0.717, 1.165) is 31.8 Å². The summed E-state index contributed by atoms with van der Waals surface area (Å²) < 4.78 is 2.39. The third-order valence-electron chi connectivity index (χ3n) is 4.64. The molecule has 0 unspecified atom stereocenters. The maximum absolute atomic E-state index is 4.65. The Bertz CT molecular complexity index is 655. The molecule has 1 aliphatic heterocycles.